The number of amides is 1. The number of benzene rings is 3. The van der Waals surface area contributed by atoms with Crippen molar-refractivity contribution in [2.45, 2.75) is 25.0 Å². The number of hydrogen-bond acceptors (Lipinski definition) is 10. The van der Waals surface area contributed by atoms with Crippen molar-refractivity contribution in [3.63, 3.8) is 0 Å². The monoisotopic (exact) mass is 652 g/mol. The molecule has 1 saturated heterocycles. The first kappa shape index (κ1) is 31.4. The van der Waals surface area contributed by atoms with Gasteiger partial charge in [0, 0.05) is 12.1 Å². The lowest BCUT2D eigenvalue weighted by molar-refractivity contribution is -0.384. The number of non-ortho nitro benzene ring substituents is 1. The highest BCUT2D eigenvalue weighted by Gasteiger charge is 2.59. The van der Waals surface area contributed by atoms with Crippen molar-refractivity contribution in [3.8, 4) is 11.5 Å². The van der Waals surface area contributed by atoms with E-state index in [4.69, 9.17) is 9.47 Å². The van der Waals surface area contributed by atoms with Gasteiger partial charge < -0.3 is 19.3 Å². The zero-order valence-corrected chi connectivity index (χ0v) is 23.3. The molecule has 45 heavy (non-hydrogen) atoms. The van der Waals surface area contributed by atoms with E-state index in [2.05, 4.69) is 4.74 Å². The third-order valence-corrected chi connectivity index (χ3v) is 7.88. The average molecular weight is 653 g/mol. The van der Waals surface area contributed by atoms with Crippen LogP contribution in [0.5, 0.6) is 11.5 Å². The number of rotatable bonds is 9. The van der Waals surface area contributed by atoms with Crippen LogP contribution in [0.25, 0.3) is 0 Å². The minimum absolute atomic E-state index is 0.0190. The molecule has 5 rings (SSSR count). The van der Waals surface area contributed by atoms with E-state index in [0.717, 1.165) is 40.9 Å². The molecule has 3 aromatic rings. The molecule has 0 saturated carbocycles. The van der Waals surface area contributed by atoms with Crippen molar-refractivity contribution < 1.29 is 60.6 Å². The van der Waals surface area contributed by atoms with Gasteiger partial charge in [0.1, 0.15) is 17.7 Å². The highest BCUT2D eigenvalue weighted by Crippen LogP contribution is 2.51. The molecular formula is C28H17F5N2O9S. The Bertz CT molecular complexity index is 1740. The molecule has 1 amide bonds. The second-order valence-electron chi connectivity index (χ2n) is 9.53. The molecule has 0 aromatic heterocycles. The molecule has 11 nitrogen and oxygen atoms in total. The zero-order chi connectivity index (χ0) is 32.7. The largest absolute Gasteiger partial charge is 0.456 e. The maximum Gasteiger partial charge on any atom is 0.359 e. The number of ether oxygens (including phenoxy) is 3. The molecular weight excluding hydrogens is 635 g/mol. The Morgan fingerprint density at radius 3 is 2.09 bits per heavy atom. The average Bonchev–Trinajstić information content (AvgIpc) is 3.33. The summed E-state index contributed by atoms with van der Waals surface area (Å²) < 4.78 is 83.5. The van der Waals surface area contributed by atoms with Gasteiger partial charge in [-0.25, -0.2) is 22.8 Å². The van der Waals surface area contributed by atoms with E-state index >= 15 is 0 Å². The lowest BCUT2D eigenvalue weighted by Gasteiger charge is -2.43. The number of thioether (sulfide) groups is 1. The molecule has 0 radical (unpaired) electrons. The first-order valence-electron chi connectivity index (χ1n) is 12.6. The predicted molar refractivity (Wildman–Crippen MR) is 142 cm³/mol. The van der Waals surface area contributed by atoms with Gasteiger partial charge in [-0.3, -0.25) is 19.8 Å². The maximum absolute atomic E-state index is 13.9. The molecule has 0 spiro atoms. The van der Waals surface area contributed by atoms with Crippen molar-refractivity contribution in [1.82, 2.24) is 4.90 Å². The molecule has 2 heterocycles. The van der Waals surface area contributed by atoms with E-state index in [1.165, 1.54) is 31.2 Å². The van der Waals surface area contributed by atoms with E-state index in [9.17, 15) is 51.6 Å². The van der Waals surface area contributed by atoms with Gasteiger partial charge in [0.2, 0.25) is 40.7 Å². The lowest BCUT2D eigenvalue weighted by atomic mass is 9.92. The Kier molecular flexibility index (Phi) is 8.48. The summed E-state index contributed by atoms with van der Waals surface area (Å²) in [4.78, 5) is 49.6. The molecule has 17 heteroatoms. The fourth-order valence-corrected chi connectivity index (χ4v) is 5.80. The van der Waals surface area contributed by atoms with Gasteiger partial charge in [-0.2, -0.15) is 8.78 Å². The molecule has 2 aliphatic heterocycles. The van der Waals surface area contributed by atoms with E-state index in [1.54, 1.807) is 0 Å². The van der Waals surface area contributed by atoms with Crippen LogP contribution in [0.4, 0.5) is 27.6 Å². The summed E-state index contributed by atoms with van der Waals surface area (Å²) in [6.45, 7) is 1.08. The van der Waals surface area contributed by atoms with Gasteiger partial charge in [-0.15, -0.1) is 0 Å². The standard InChI is InChI=1S/C28H17F5N2O9S/c1-11(36)16-24(37)34-22(27(39)42-10-12-2-6-14(7-3-12)35(40)41)28(45-25(16)34)43-15-8-4-13(5-9-15)26(38)44-23-20(32)18(30)17(29)19(31)21(23)33/h2-9,11,16,25,36H,10H2,1H3/t11-,16+,25-/m1/s1. The van der Waals surface area contributed by atoms with E-state index in [0.29, 0.717) is 5.56 Å². The summed E-state index contributed by atoms with van der Waals surface area (Å²) in [5, 5.41) is 20.1. The number of esters is 2. The summed E-state index contributed by atoms with van der Waals surface area (Å²) >= 11 is 0.928. The third-order valence-electron chi connectivity index (χ3n) is 6.64. The van der Waals surface area contributed by atoms with Gasteiger partial charge in [0.25, 0.3) is 5.69 Å². The second kappa shape index (κ2) is 12.2. The predicted octanol–water partition coefficient (Wildman–Crippen LogP) is 4.71. The summed E-state index contributed by atoms with van der Waals surface area (Å²) in [6.07, 6.45) is -1.06. The van der Waals surface area contributed by atoms with Gasteiger partial charge >= 0.3 is 11.9 Å². The van der Waals surface area contributed by atoms with Crippen LogP contribution in [-0.2, 0) is 20.9 Å². The zero-order valence-electron chi connectivity index (χ0n) is 22.5. The number of aliphatic hydroxyl groups excluding tert-OH is 1. The van der Waals surface area contributed by atoms with Crippen LogP contribution in [-0.4, -0.2) is 44.3 Å². The number of halogens is 5. The highest BCUT2D eigenvalue weighted by atomic mass is 32.2. The van der Waals surface area contributed by atoms with Crippen LogP contribution in [0.15, 0.2) is 59.3 Å². The molecule has 0 unspecified atom stereocenters. The van der Waals surface area contributed by atoms with Gasteiger partial charge in [0.15, 0.2) is 10.8 Å². The molecule has 0 aliphatic carbocycles. The summed E-state index contributed by atoms with van der Waals surface area (Å²) in [7, 11) is 0. The summed E-state index contributed by atoms with van der Waals surface area (Å²) in [5.74, 6) is -17.4. The molecule has 234 valence electrons. The number of nitro benzene ring substituents is 1. The number of fused-ring (bicyclic) bond motifs is 1. The normalized spacial score (nSPS) is 17.8. The minimum atomic E-state index is -2.42. The van der Waals surface area contributed by atoms with Crippen molar-refractivity contribution in [2.24, 2.45) is 5.92 Å². The Labute approximate surface area is 252 Å². The van der Waals surface area contributed by atoms with Crippen molar-refractivity contribution in [2.75, 3.05) is 0 Å². The summed E-state index contributed by atoms with van der Waals surface area (Å²) in [5.41, 5.74) is -0.436. The SMILES string of the molecule is C[C@@H](O)[C@H]1C(=O)N2C(C(=O)OCc3ccc([N+](=O)[O-])cc3)=C(Oc3ccc(C(=O)Oc4c(F)c(F)c(F)c(F)c4F)cc3)S[C@H]12. The number of carbonyl (C=O) groups excluding carboxylic acids is 3. The number of hydrogen-bond donors (Lipinski definition) is 1. The topological polar surface area (TPSA) is 146 Å². The van der Waals surface area contributed by atoms with Crippen LogP contribution in [0.3, 0.4) is 0 Å². The lowest BCUT2D eigenvalue weighted by Crippen LogP contribution is -2.60. The number of carbonyl (C=O) groups is 3. The van der Waals surface area contributed by atoms with Crippen LogP contribution in [0, 0.1) is 45.1 Å². The van der Waals surface area contributed by atoms with E-state index in [-0.39, 0.29) is 34.4 Å². The quantitative estimate of drug-likeness (QED) is 0.0504. The molecule has 1 fully saturated rings. The van der Waals surface area contributed by atoms with E-state index < -0.39 is 75.0 Å². The minimum Gasteiger partial charge on any atom is -0.456 e. The van der Waals surface area contributed by atoms with Crippen LogP contribution < -0.4 is 9.47 Å². The smallest absolute Gasteiger partial charge is 0.359 e. The first-order chi connectivity index (χ1) is 21.3. The number of nitro groups is 1. The molecule has 2 aliphatic rings. The summed E-state index contributed by atoms with van der Waals surface area (Å²) in [6, 6.07) is 9.57. The van der Waals surface area contributed by atoms with Crippen LogP contribution in [0.2, 0.25) is 0 Å². The van der Waals surface area contributed by atoms with Gasteiger partial charge in [0.05, 0.1) is 22.5 Å². The van der Waals surface area contributed by atoms with Gasteiger partial charge in [-0.05, 0) is 48.9 Å². The first-order valence-corrected chi connectivity index (χ1v) is 13.5. The molecule has 1 N–H and O–H groups in total. The Hall–Kier alpha value is -5.03. The van der Waals surface area contributed by atoms with Crippen LogP contribution in [0.1, 0.15) is 22.8 Å². The molecule has 0 bridgehead atoms. The van der Waals surface area contributed by atoms with Crippen LogP contribution >= 0.6 is 11.8 Å². The fraction of sp³-hybridized carbons (Fsp3) is 0.179. The second-order valence-corrected chi connectivity index (χ2v) is 10.6. The van der Waals surface area contributed by atoms with Crippen molar-refractivity contribution in [3.05, 3.63) is 110 Å². The van der Waals surface area contributed by atoms with Gasteiger partial charge in [-0.1, -0.05) is 11.8 Å². The number of aliphatic hydroxyl groups is 1. The third kappa shape index (κ3) is 5.78. The Balaban J connectivity index is 1.34. The number of nitrogens with zero attached hydrogens (tertiary/aromatic N) is 2. The Morgan fingerprint density at radius 2 is 1.53 bits per heavy atom. The van der Waals surface area contributed by atoms with E-state index in [1.807, 2.05) is 0 Å². The highest BCUT2D eigenvalue weighted by molar-refractivity contribution is 8.03. The Morgan fingerprint density at radius 1 is 0.956 bits per heavy atom. The number of β-lactam (4-membered cyclic amide) rings is 1. The molecule has 3 atom stereocenters. The van der Waals surface area contributed by atoms with Crippen molar-refractivity contribution in [1.29, 1.82) is 0 Å². The molecule has 3 aromatic carbocycles. The fourth-order valence-electron chi connectivity index (χ4n) is 4.34. The van der Waals surface area contributed by atoms with Crippen molar-refractivity contribution >= 4 is 35.3 Å². The maximum atomic E-state index is 13.9.